The largest absolute Gasteiger partial charge is 0.497 e. The molecule has 4 aromatic rings. The molecule has 0 spiro atoms. The maximum absolute atomic E-state index is 13.9. The number of methoxy groups -OCH3 is 2. The first-order chi connectivity index (χ1) is 18.9. The lowest BCUT2D eigenvalue weighted by Crippen LogP contribution is -2.31. The van der Waals surface area contributed by atoms with Crippen molar-refractivity contribution in [3.8, 4) is 17.2 Å². The summed E-state index contributed by atoms with van der Waals surface area (Å²) < 4.78 is 22.9. The molecular formula is C32H33NO6. The van der Waals surface area contributed by atoms with Gasteiger partial charge in [0.1, 0.15) is 11.3 Å². The van der Waals surface area contributed by atoms with E-state index in [0.29, 0.717) is 47.6 Å². The first kappa shape index (κ1) is 26.4. The molecule has 0 fully saturated rings. The third-order valence-electron chi connectivity index (χ3n) is 7.18. The molecule has 0 radical (unpaired) electrons. The zero-order valence-corrected chi connectivity index (χ0v) is 22.8. The van der Waals surface area contributed by atoms with E-state index in [9.17, 15) is 9.59 Å². The lowest BCUT2D eigenvalue weighted by Gasteiger charge is -2.26. The van der Waals surface area contributed by atoms with Crippen LogP contribution >= 0.6 is 0 Å². The molecule has 1 unspecified atom stereocenters. The molecule has 202 valence electrons. The molecule has 1 atom stereocenters. The quantitative estimate of drug-likeness (QED) is 0.233. The van der Waals surface area contributed by atoms with Gasteiger partial charge in [0.05, 0.1) is 37.8 Å². The van der Waals surface area contributed by atoms with Crippen molar-refractivity contribution in [2.75, 3.05) is 27.4 Å². The van der Waals surface area contributed by atoms with Gasteiger partial charge < -0.3 is 23.5 Å². The number of hydrogen-bond acceptors (Lipinski definition) is 6. The average molecular weight is 528 g/mol. The highest BCUT2D eigenvalue weighted by Gasteiger charge is 2.42. The number of amides is 1. The summed E-state index contributed by atoms with van der Waals surface area (Å²) in [6.45, 7) is 5.01. The lowest BCUT2D eigenvalue weighted by molar-refractivity contribution is 0.0730. The molecule has 0 bridgehead atoms. The van der Waals surface area contributed by atoms with E-state index in [-0.39, 0.29) is 17.1 Å². The molecule has 3 aromatic carbocycles. The molecule has 0 N–H and O–H groups in total. The zero-order chi connectivity index (χ0) is 27.5. The summed E-state index contributed by atoms with van der Waals surface area (Å²) in [5.41, 5.74) is 3.33. The SMILES string of the molecule is CCCCOc1ccc(C2c3c(oc4ccc(C)cc4c3=O)C(=O)N2CCc2ccc(OC)cc2)cc1OC. The molecule has 1 aliphatic heterocycles. The van der Waals surface area contributed by atoms with E-state index < -0.39 is 6.04 Å². The third-order valence-corrected chi connectivity index (χ3v) is 7.18. The van der Waals surface area contributed by atoms with Crippen molar-refractivity contribution in [3.63, 3.8) is 0 Å². The van der Waals surface area contributed by atoms with Gasteiger partial charge in [0, 0.05) is 6.54 Å². The Labute approximate surface area is 227 Å². The minimum atomic E-state index is -0.620. The summed E-state index contributed by atoms with van der Waals surface area (Å²) >= 11 is 0. The number of unbranched alkanes of at least 4 members (excludes halogenated alkanes) is 1. The number of rotatable bonds is 10. The van der Waals surface area contributed by atoms with E-state index in [1.165, 1.54) is 0 Å². The lowest BCUT2D eigenvalue weighted by atomic mass is 9.97. The van der Waals surface area contributed by atoms with Crippen LogP contribution in [0.2, 0.25) is 0 Å². The molecule has 0 saturated heterocycles. The molecule has 7 heteroatoms. The maximum atomic E-state index is 13.9. The fraction of sp³-hybridized carbons (Fsp3) is 0.312. The molecule has 0 saturated carbocycles. The Morgan fingerprint density at radius 3 is 2.44 bits per heavy atom. The van der Waals surface area contributed by atoms with Gasteiger partial charge in [0.25, 0.3) is 5.91 Å². The normalized spacial score (nSPS) is 14.5. The number of carbonyl (C=O) groups is 1. The van der Waals surface area contributed by atoms with Gasteiger partial charge >= 0.3 is 0 Å². The Bertz CT molecular complexity index is 1560. The Morgan fingerprint density at radius 2 is 1.72 bits per heavy atom. The van der Waals surface area contributed by atoms with Gasteiger partial charge in [-0.15, -0.1) is 0 Å². The van der Waals surface area contributed by atoms with Crippen molar-refractivity contribution in [2.45, 2.75) is 39.2 Å². The third kappa shape index (κ3) is 5.09. The van der Waals surface area contributed by atoms with Gasteiger partial charge in [-0.2, -0.15) is 0 Å². The van der Waals surface area contributed by atoms with Gasteiger partial charge in [0.2, 0.25) is 5.76 Å². The van der Waals surface area contributed by atoms with Gasteiger partial charge in [0.15, 0.2) is 16.9 Å². The van der Waals surface area contributed by atoms with E-state index in [4.69, 9.17) is 18.6 Å². The fourth-order valence-corrected chi connectivity index (χ4v) is 5.05. The van der Waals surface area contributed by atoms with Gasteiger partial charge in [-0.3, -0.25) is 9.59 Å². The second-order valence-electron chi connectivity index (χ2n) is 9.79. The van der Waals surface area contributed by atoms with Crippen LogP contribution in [0.3, 0.4) is 0 Å². The number of nitrogens with zero attached hydrogens (tertiary/aromatic N) is 1. The van der Waals surface area contributed by atoms with E-state index >= 15 is 0 Å². The average Bonchev–Trinajstić information content (AvgIpc) is 3.24. The van der Waals surface area contributed by atoms with E-state index in [1.54, 1.807) is 25.2 Å². The second-order valence-corrected chi connectivity index (χ2v) is 9.79. The predicted octanol–water partition coefficient (Wildman–Crippen LogP) is 6.09. The molecular weight excluding hydrogens is 494 g/mol. The molecule has 7 nitrogen and oxygen atoms in total. The van der Waals surface area contributed by atoms with Crippen molar-refractivity contribution in [1.82, 2.24) is 4.90 Å². The highest BCUT2D eigenvalue weighted by molar-refractivity contribution is 5.99. The number of carbonyl (C=O) groups excluding carboxylic acids is 1. The summed E-state index contributed by atoms with van der Waals surface area (Å²) in [6.07, 6.45) is 2.55. The fourth-order valence-electron chi connectivity index (χ4n) is 5.05. The first-order valence-electron chi connectivity index (χ1n) is 13.3. The maximum Gasteiger partial charge on any atom is 0.290 e. The molecule has 0 aliphatic carbocycles. The molecule has 1 amide bonds. The molecule has 1 aromatic heterocycles. The molecule has 5 rings (SSSR count). The second kappa shape index (κ2) is 11.2. The van der Waals surface area contributed by atoms with Crippen molar-refractivity contribution >= 4 is 16.9 Å². The number of ether oxygens (including phenoxy) is 3. The van der Waals surface area contributed by atoms with Crippen LogP contribution in [0, 0.1) is 6.92 Å². The Kier molecular flexibility index (Phi) is 7.59. The van der Waals surface area contributed by atoms with Crippen LogP contribution in [0.25, 0.3) is 11.0 Å². The Balaban J connectivity index is 1.58. The highest BCUT2D eigenvalue weighted by atomic mass is 16.5. The number of fused-ring (bicyclic) bond motifs is 2. The summed E-state index contributed by atoms with van der Waals surface area (Å²) in [4.78, 5) is 29.4. The van der Waals surface area contributed by atoms with Crippen molar-refractivity contribution < 1.29 is 23.4 Å². The standard InChI is InChI=1S/C32H33NO6/c1-5-6-17-38-26-14-10-22(19-27(26)37-4)29-28-30(34)24-18-20(2)7-13-25(24)39-31(28)32(35)33(29)16-15-21-8-11-23(36-3)12-9-21/h7-14,18-19,29H,5-6,15-17H2,1-4H3. The zero-order valence-electron chi connectivity index (χ0n) is 22.8. The minimum absolute atomic E-state index is 0.0957. The summed E-state index contributed by atoms with van der Waals surface area (Å²) in [6, 6.07) is 18.2. The monoisotopic (exact) mass is 527 g/mol. The van der Waals surface area contributed by atoms with Crippen molar-refractivity contribution in [3.05, 3.63) is 98.9 Å². The summed E-state index contributed by atoms with van der Waals surface area (Å²) in [5, 5.41) is 0.468. The Morgan fingerprint density at radius 1 is 0.923 bits per heavy atom. The topological polar surface area (TPSA) is 78.2 Å². The van der Waals surface area contributed by atoms with E-state index in [0.717, 1.165) is 35.3 Å². The van der Waals surface area contributed by atoms with Crippen LogP contribution in [-0.2, 0) is 6.42 Å². The van der Waals surface area contributed by atoms with Crippen molar-refractivity contribution in [2.24, 2.45) is 0 Å². The minimum Gasteiger partial charge on any atom is -0.497 e. The summed E-state index contributed by atoms with van der Waals surface area (Å²) in [7, 11) is 3.22. The van der Waals surface area contributed by atoms with Crippen LogP contribution in [-0.4, -0.2) is 38.2 Å². The molecule has 1 aliphatic rings. The first-order valence-corrected chi connectivity index (χ1v) is 13.3. The van der Waals surface area contributed by atoms with Crippen LogP contribution < -0.4 is 19.6 Å². The van der Waals surface area contributed by atoms with Crippen LogP contribution in [0.1, 0.15) is 58.6 Å². The van der Waals surface area contributed by atoms with Gasteiger partial charge in [-0.05, 0) is 67.3 Å². The predicted molar refractivity (Wildman–Crippen MR) is 150 cm³/mol. The molecule has 2 heterocycles. The van der Waals surface area contributed by atoms with Crippen LogP contribution in [0.4, 0.5) is 0 Å². The summed E-state index contributed by atoms with van der Waals surface area (Å²) in [5.74, 6) is 1.75. The van der Waals surface area contributed by atoms with Gasteiger partial charge in [-0.1, -0.05) is 43.2 Å². The highest BCUT2D eigenvalue weighted by Crippen LogP contribution is 2.41. The van der Waals surface area contributed by atoms with Crippen LogP contribution in [0.5, 0.6) is 17.2 Å². The number of hydrogen-bond donors (Lipinski definition) is 0. The van der Waals surface area contributed by atoms with E-state index in [2.05, 4.69) is 6.92 Å². The van der Waals surface area contributed by atoms with E-state index in [1.807, 2.05) is 61.5 Å². The number of benzene rings is 3. The van der Waals surface area contributed by atoms with Crippen molar-refractivity contribution in [1.29, 1.82) is 0 Å². The smallest absolute Gasteiger partial charge is 0.290 e. The number of aryl methyl sites for hydroxylation is 1. The molecule has 39 heavy (non-hydrogen) atoms. The van der Waals surface area contributed by atoms with Gasteiger partial charge in [-0.25, -0.2) is 0 Å². The Hall–Kier alpha value is -4.26. The van der Waals surface area contributed by atoms with Crippen LogP contribution in [0.15, 0.2) is 69.9 Å².